The number of nitrogens with one attached hydrogen (secondary N) is 1. The lowest BCUT2D eigenvalue weighted by atomic mass is 10.3. The smallest absolute Gasteiger partial charge is 0.117 e. The summed E-state index contributed by atoms with van der Waals surface area (Å²) < 4.78 is 18.8. The van der Waals surface area contributed by atoms with E-state index in [-0.39, 0.29) is 19.1 Å². The molecule has 0 radical (unpaired) electrons. The van der Waals surface area contributed by atoms with Crippen LogP contribution in [0.1, 0.15) is 11.3 Å². The van der Waals surface area contributed by atoms with Gasteiger partial charge in [-0.05, 0) is 12.1 Å². The number of nitrogens with zero attached hydrogens (tertiary/aromatic N) is 2. The molecule has 0 aliphatic heterocycles. The second-order valence-electron chi connectivity index (χ2n) is 3.48. The highest BCUT2D eigenvalue weighted by Crippen LogP contribution is 2.01. The Balaban J connectivity index is 0.00000144. The predicted molar refractivity (Wildman–Crippen MR) is 64.7 cm³/mol. The van der Waals surface area contributed by atoms with Crippen molar-refractivity contribution in [2.75, 3.05) is 6.67 Å². The molecule has 0 saturated heterocycles. The van der Waals surface area contributed by atoms with Gasteiger partial charge < -0.3 is 9.73 Å². The summed E-state index contributed by atoms with van der Waals surface area (Å²) in [4.78, 5) is 0. The first-order chi connectivity index (χ1) is 7.88. The van der Waals surface area contributed by atoms with Crippen molar-refractivity contribution in [2.24, 2.45) is 0 Å². The first kappa shape index (κ1) is 13.7. The van der Waals surface area contributed by atoms with Crippen molar-refractivity contribution in [3.05, 3.63) is 42.1 Å². The molecular weight excluding hydrogens is 245 g/mol. The lowest BCUT2D eigenvalue weighted by molar-refractivity contribution is 0.427. The third-order valence-electron chi connectivity index (χ3n) is 2.21. The minimum Gasteiger partial charge on any atom is -0.468 e. The van der Waals surface area contributed by atoms with Crippen molar-refractivity contribution in [1.29, 1.82) is 0 Å². The SMILES string of the molecule is Cl.FCCn1cc(CNCc2ccco2)cn1. The molecule has 0 aromatic carbocycles. The molecule has 2 heterocycles. The number of hydrogen-bond acceptors (Lipinski definition) is 3. The fourth-order valence-electron chi connectivity index (χ4n) is 1.45. The quantitative estimate of drug-likeness (QED) is 0.865. The first-order valence-corrected chi connectivity index (χ1v) is 5.19. The van der Waals surface area contributed by atoms with Gasteiger partial charge in [0.25, 0.3) is 0 Å². The molecular formula is C11H15ClFN3O. The number of alkyl halides is 1. The van der Waals surface area contributed by atoms with Crippen molar-refractivity contribution < 1.29 is 8.81 Å². The van der Waals surface area contributed by atoms with Gasteiger partial charge in [-0.3, -0.25) is 4.68 Å². The van der Waals surface area contributed by atoms with Crippen LogP contribution >= 0.6 is 12.4 Å². The molecule has 0 saturated carbocycles. The second-order valence-corrected chi connectivity index (χ2v) is 3.48. The van der Waals surface area contributed by atoms with Crippen LogP contribution in [0.25, 0.3) is 0 Å². The Morgan fingerprint density at radius 3 is 3.00 bits per heavy atom. The summed E-state index contributed by atoms with van der Waals surface area (Å²) in [6.45, 7) is 1.31. The van der Waals surface area contributed by atoms with E-state index in [1.165, 1.54) is 0 Å². The number of rotatable bonds is 6. The fourth-order valence-corrected chi connectivity index (χ4v) is 1.45. The summed E-state index contributed by atoms with van der Waals surface area (Å²) in [6, 6.07) is 3.77. The zero-order chi connectivity index (χ0) is 11.2. The Morgan fingerprint density at radius 2 is 2.29 bits per heavy atom. The molecule has 0 spiro atoms. The van der Waals surface area contributed by atoms with Gasteiger partial charge in [-0.15, -0.1) is 12.4 Å². The molecule has 0 amide bonds. The third kappa shape index (κ3) is 4.20. The van der Waals surface area contributed by atoms with Crippen molar-refractivity contribution in [1.82, 2.24) is 15.1 Å². The highest BCUT2D eigenvalue weighted by Gasteiger charge is 1.99. The van der Waals surface area contributed by atoms with Crippen LogP contribution in [-0.4, -0.2) is 16.5 Å². The standard InChI is InChI=1S/C11H14FN3O.ClH/c12-3-4-15-9-10(7-14-15)6-13-8-11-2-1-5-16-11;/h1-2,5,7,9,13H,3-4,6,8H2;1H. The van der Waals surface area contributed by atoms with E-state index in [9.17, 15) is 4.39 Å². The number of aryl methyl sites for hydroxylation is 1. The lowest BCUT2D eigenvalue weighted by Gasteiger charge is -1.99. The van der Waals surface area contributed by atoms with E-state index in [1.807, 2.05) is 18.3 Å². The van der Waals surface area contributed by atoms with Crippen LogP contribution in [0.5, 0.6) is 0 Å². The highest BCUT2D eigenvalue weighted by atomic mass is 35.5. The Hall–Kier alpha value is -1.33. The number of halogens is 2. The Labute approximate surface area is 105 Å². The van der Waals surface area contributed by atoms with Gasteiger partial charge in [0.15, 0.2) is 0 Å². The molecule has 0 bridgehead atoms. The van der Waals surface area contributed by atoms with E-state index in [4.69, 9.17) is 4.42 Å². The maximum atomic E-state index is 12.0. The molecule has 0 unspecified atom stereocenters. The molecule has 0 aliphatic carbocycles. The van der Waals surface area contributed by atoms with E-state index in [0.717, 1.165) is 11.3 Å². The number of aromatic nitrogens is 2. The zero-order valence-electron chi connectivity index (χ0n) is 9.30. The molecule has 17 heavy (non-hydrogen) atoms. The summed E-state index contributed by atoms with van der Waals surface area (Å²) in [6.07, 6.45) is 5.23. The van der Waals surface area contributed by atoms with E-state index in [0.29, 0.717) is 19.6 Å². The van der Waals surface area contributed by atoms with Gasteiger partial charge in [0, 0.05) is 18.3 Å². The van der Waals surface area contributed by atoms with Crippen molar-refractivity contribution >= 4 is 12.4 Å². The number of furan rings is 1. The average molecular weight is 260 g/mol. The molecule has 6 heteroatoms. The van der Waals surface area contributed by atoms with Crippen molar-refractivity contribution in [3.63, 3.8) is 0 Å². The summed E-state index contributed by atoms with van der Waals surface area (Å²) in [5, 5.41) is 7.25. The van der Waals surface area contributed by atoms with Gasteiger partial charge in [-0.1, -0.05) is 0 Å². The van der Waals surface area contributed by atoms with Gasteiger partial charge >= 0.3 is 0 Å². The van der Waals surface area contributed by atoms with Gasteiger partial charge in [-0.25, -0.2) is 4.39 Å². The molecule has 2 rings (SSSR count). The predicted octanol–water partition coefficient (Wildman–Crippen LogP) is 2.16. The van der Waals surface area contributed by atoms with E-state index in [2.05, 4.69) is 10.4 Å². The molecule has 2 aromatic rings. The van der Waals surface area contributed by atoms with E-state index in [1.54, 1.807) is 17.1 Å². The van der Waals surface area contributed by atoms with Crippen LogP contribution in [0.15, 0.2) is 35.2 Å². The van der Waals surface area contributed by atoms with Crippen LogP contribution in [0.2, 0.25) is 0 Å². The molecule has 0 fully saturated rings. The normalized spacial score (nSPS) is 10.2. The molecule has 1 N–H and O–H groups in total. The molecule has 0 aliphatic rings. The minimum absolute atomic E-state index is 0. The van der Waals surface area contributed by atoms with Crippen molar-refractivity contribution in [2.45, 2.75) is 19.6 Å². The minimum atomic E-state index is -0.388. The molecule has 2 aromatic heterocycles. The summed E-state index contributed by atoms with van der Waals surface area (Å²) in [5.74, 6) is 0.899. The fraction of sp³-hybridized carbons (Fsp3) is 0.364. The van der Waals surface area contributed by atoms with Gasteiger partial charge in [-0.2, -0.15) is 5.10 Å². The maximum absolute atomic E-state index is 12.0. The molecule has 4 nitrogen and oxygen atoms in total. The van der Waals surface area contributed by atoms with E-state index < -0.39 is 0 Å². The Kier molecular flexibility index (Phi) is 5.72. The van der Waals surface area contributed by atoms with Crippen LogP contribution < -0.4 is 5.32 Å². The maximum Gasteiger partial charge on any atom is 0.117 e. The third-order valence-corrected chi connectivity index (χ3v) is 2.21. The first-order valence-electron chi connectivity index (χ1n) is 5.19. The number of hydrogen-bond donors (Lipinski definition) is 1. The second kappa shape index (κ2) is 7.09. The van der Waals surface area contributed by atoms with Crippen molar-refractivity contribution in [3.8, 4) is 0 Å². The van der Waals surface area contributed by atoms with Crippen LogP contribution in [-0.2, 0) is 19.6 Å². The summed E-state index contributed by atoms with van der Waals surface area (Å²) >= 11 is 0. The average Bonchev–Trinajstić information content (AvgIpc) is 2.90. The Morgan fingerprint density at radius 1 is 1.41 bits per heavy atom. The topological polar surface area (TPSA) is 43.0 Å². The Bertz CT molecular complexity index is 416. The molecule has 0 atom stereocenters. The highest BCUT2D eigenvalue weighted by molar-refractivity contribution is 5.85. The zero-order valence-corrected chi connectivity index (χ0v) is 10.1. The monoisotopic (exact) mass is 259 g/mol. The lowest BCUT2D eigenvalue weighted by Crippen LogP contribution is -2.11. The van der Waals surface area contributed by atoms with Crippen LogP contribution in [0.3, 0.4) is 0 Å². The van der Waals surface area contributed by atoms with E-state index >= 15 is 0 Å². The van der Waals surface area contributed by atoms with Gasteiger partial charge in [0.2, 0.25) is 0 Å². The van der Waals surface area contributed by atoms with Crippen LogP contribution in [0.4, 0.5) is 4.39 Å². The van der Waals surface area contributed by atoms with Crippen LogP contribution in [0, 0.1) is 0 Å². The summed E-state index contributed by atoms with van der Waals surface area (Å²) in [5.41, 5.74) is 1.04. The van der Waals surface area contributed by atoms with Gasteiger partial charge in [0.05, 0.1) is 25.5 Å². The largest absolute Gasteiger partial charge is 0.468 e. The summed E-state index contributed by atoms with van der Waals surface area (Å²) in [7, 11) is 0. The van der Waals surface area contributed by atoms with Gasteiger partial charge in [0.1, 0.15) is 12.4 Å². The molecule has 94 valence electrons.